The van der Waals surface area contributed by atoms with Gasteiger partial charge in [0.25, 0.3) is 0 Å². The lowest BCUT2D eigenvalue weighted by molar-refractivity contribution is 0.0697. The van der Waals surface area contributed by atoms with Crippen molar-refractivity contribution in [2.75, 3.05) is 24.2 Å². The second kappa shape index (κ2) is 5.03. The minimum absolute atomic E-state index is 0.153. The minimum atomic E-state index is -1.02. The molecule has 0 spiro atoms. The molecule has 0 aliphatic rings. The van der Waals surface area contributed by atoms with Crippen molar-refractivity contribution >= 4 is 17.3 Å². The van der Waals surface area contributed by atoms with E-state index in [1.165, 1.54) is 6.07 Å². The molecular weight excluding hydrogens is 206 g/mol. The van der Waals surface area contributed by atoms with E-state index in [-0.39, 0.29) is 5.56 Å². The third kappa shape index (κ3) is 2.42. The molecule has 0 heterocycles. The lowest BCUT2D eigenvalue weighted by Crippen LogP contribution is -2.22. The maximum absolute atomic E-state index is 11.0. The first-order chi connectivity index (χ1) is 7.57. The number of hydrogen-bond donors (Lipinski definition) is 2. The Balaban J connectivity index is 3.10. The number of carboxylic acids is 1. The van der Waals surface area contributed by atoms with Crippen LogP contribution in [0.2, 0.25) is 0 Å². The summed E-state index contributed by atoms with van der Waals surface area (Å²) in [5.41, 5.74) is 6.76. The van der Waals surface area contributed by atoms with Gasteiger partial charge in [0.2, 0.25) is 0 Å². The summed E-state index contributed by atoms with van der Waals surface area (Å²) in [6.07, 6.45) is 0.323. The fraction of sp³-hybridized carbons (Fsp3) is 0.273. The normalized spacial score (nSPS) is 9.50. The molecule has 3 N–H and O–H groups in total. The molecule has 16 heavy (non-hydrogen) atoms. The second-order valence-corrected chi connectivity index (χ2v) is 3.38. The summed E-state index contributed by atoms with van der Waals surface area (Å²) in [5, 5.41) is 17.5. The largest absolute Gasteiger partial charge is 0.478 e. The van der Waals surface area contributed by atoms with Crippen LogP contribution in [0.4, 0.5) is 11.4 Å². The fourth-order valence-corrected chi connectivity index (χ4v) is 1.49. The number of aromatic carboxylic acids is 1. The molecule has 1 aromatic carbocycles. The van der Waals surface area contributed by atoms with Gasteiger partial charge in [0, 0.05) is 13.6 Å². The molecule has 0 atom stereocenters. The molecule has 0 amide bonds. The molecule has 0 aliphatic carbocycles. The van der Waals surface area contributed by atoms with Gasteiger partial charge >= 0.3 is 5.97 Å². The molecular formula is C11H13N3O2. The zero-order valence-corrected chi connectivity index (χ0v) is 8.97. The van der Waals surface area contributed by atoms with Gasteiger partial charge in [-0.3, -0.25) is 0 Å². The molecule has 1 rings (SSSR count). The van der Waals surface area contributed by atoms with Crippen molar-refractivity contribution in [1.29, 1.82) is 5.26 Å². The molecule has 0 fully saturated rings. The number of anilines is 2. The van der Waals surface area contributed by atoms with Crippen molar-refractivity contribution in [3.8, 4) is 6.07 Å². The predicted molar refractivity (Wildman–Crippen MR) is 61.3 cm³/mol. The maximum atomic E-state index is 11.0. The SMILES string of the molecule is CN(CCC#N)c1c(N)cccc1C(=O)O. The molecule has 0 aliphatic heterocycles. The van der Waals surface area contributed by atoms with Crippen LogP contribution in [0.1, 0.15) is 16.8 Å². The topological polar surface area (TPSA) is 90.4 Å². The van der Waals surface area contributed by atoms with E-state index in [2.05, 4.69) is 0 Å². The van der Waals surface area contributed by atoms with Crippen molar-refractivity contribution in [3.63, 3.8) is 0 Å². The van der Waals surface area contributed by atoms with Crippen LogP contribution in [0.15, 0.2) is 18.2 Å². The van der Waals surface area contributed by atoms with Crippen LogP contribution in [0.5, 0.6) is 0 Å². The number of para-hydroxylation sites is 1. The molecule has 0 unspecified atom stereocenters. The van der Waals surface area contributed by atoms with Crippen LogP contribution < -0.4 is 10.6 Å². The van der Waals surface area contributed by atoms with Crippen LogP contribution in [0.3, 0.4) is 0 Å². The lowest BCUT2D eigenvalue weighted by Gasteiger charge is -2.21. The number of nitrogens with two attached hydrogens (primary N) is 1. The summed E-state index contributed by atoms with van der Waals surface area (Å²) in [5.74, 6) is -1.02. The van der Waals surface area contributed by atoms with E-state index in [0.29, 0.717) is 24.3 Å². The van der Waals surface area contributed by atoms with E-state index < -0.39 is 5.97 Å². The van der Waals surface area contributed by atoms with Gasteiger partial charge in [-0.25, -0.2) is 4.79 Å². The van der Waals surface area contributed by atoms with Gasteiger partial charge in [0.05, 0.1) is 29.4 Å². The van der Waals surface area contributed by atoms with E-state index in [0.717, 1.165) is 0 Å². The van der Waals surface area contributed by atoms with Crippen LogP contribution in [-0.4, -0.2) is 24.7 Å². The van der Waals surface area contributed by atoms with Gasteiger partial charge in [-0.05, 0) is 12.1 Å². The standard InChI is InChI=1S/C11H13N3O2/c1-14(7-3-6-12)10-8(11(15)16)4-2-5-9(10)13/h2,4-5H,3,7,13H2,1H3,(H,15,16). The number of nitrogen functional groups attached to an aromatic ring is 1. The number of hydrogen-bond acceptors (Lipinski definition) is 4. The van der Waals surface area contributed by atoms with Crippen LogP contribution in [-0.2, 0) is 0 Å². The second-order valence-electron chi connectivity index (χ2n) is 3.38. The van der Waals surface area contributed by atoms with Gasteiger partial charge in [0.1, 0.15) is 0 Å². The van der Waals surface area contributed by atoms with Crippen LogP contribution in [0.25, 0.3) is 0 Å². The molecule has 84 valence electrons. The summed E-state index contributed by atoms with van der Waals surface area (Å²) in [6.45, 7) is 0.449. The Morgan fingerprint density at radius 3 is 2.88 bits per heavy atom. The average Bonchev–Trinajstić information content (AvgIpc) is 2.25. The summed E-state index contributed by atoms with van der Waals surface area (Å²) in [6, 6.07) is 6.74. The van der Waals surface area contributed by atoms with E-state index in [1.807, 2.05) is 6.07 Å². The minimum Gasteiger partial charge on any atom is -0.478 e. The Bertz CT molecular complexity index is 437. The van der Waals surface area contributed by atoms with Crippen molar-refractivity contribution in [3.05, 3.63) is 23.8 Å². The third-order valence-electron chi connectivity index (χ3n) is 2.24. The molecule has 0 radical (unpaired) electrons. The zero-order chi connectivity index (χ0) is 12.1. The lowest BCUT2D eigenvalue weighted by atomic mass is 10.1. The summed E-state index contributed by atoms with van der Waals surface area (Å²) >= 11 is 0. The molecule has 0 aromatic heterocycles. The monoisotopic (exact) mass is 219 g/mol. The van der Waals surface area contributed by atoms with Crippen molar-refractivity contribution in [2.45, 2.75) is 6.42 Å². The Morgan fingerprint density at radius 1 is 1.62 bits per heavy atom. The van der Waals surface area contributed by atoms with Gasteiger partial charge in [0.15, 0.2) is 0 Å². The molecule has 0 saturated carbocycles. The third-order valence-corrected chi connectivity index (χ3v) is 2.24. The van der Waals surface area contributed by atoms with E-state index >= 15 is 0 Å². The number of nitriles is 1. The molecule has 5 nitrogen and oxygen atoms in total. The number of carboxylic acid groups (broad SMARTS) is 1. The smallest absolute Gasteiger partial charge is 0.337 e. The highest BCUT2D eigenvalue weighted by Gasteiger charge is 2.15. The van der Waals surface area contributed by atoms with Crippen LogP contribution >= 0.6 is 0 Å². The number of carbonyl (C=O) groups is 1. The Labute approximate surface area is 93.7 Å². The highest BCUT2D eigenvalue weighted by atomic mass is 16.4. The Hall–Kier alpha value is -2.22. The van der Waals surface area contributed by atoms with E-state index in [1.54, 1.807) is 24.1 Å². The van der Waals surface area contributed by atoms with E-state index in [4.69, 9.17) is 16.1 Å². The van der Waals surface area contributed by atoms with Crippen molar-refractivity contribution in [1.82, 2.24) is 0 Å². The molecule has 0 bridgehead atoms. The number of rotatable bonds is 4. The maximum Gasteiger partial charge on any atom is 0.337 e. The predicted octanol–water partition coefficient (Wildman–Crippen LogP) is 1.32. The summed E-state index contributed by atoms with van der Waals surface area (Å²) in [7, 11) is 1.72. The first kappa shape index (κ1) is 11.9. The zero-order valence-electron chi connectivity index (χ0n) is 8.97. The van der Waals surface area contributed by atoms with Crippen molar-refractivity contribution < 1.29 is 9.90 Å². The quantitative estimate of drug-likeness (QED) is 0.745. The first-order valence-corrected chi connectivity index (χ1v) is 4.77. The van der Waals surface area contributed by atoms with Crippen LogP contribution in [0, 0.1) is 11.3 Å². The molecule has 1 aromatic rings. The van der Waals surface area contributed by atoms with E-state index in [9.17, 15) is 4.79 Å². The van der Waals surface area contributed by atoms with Crippen molar-refractivity contribution in [2.24, 2.45) is 0 Å². The van der Waals surface area contributed by atoms with Gasteiger partial charge in [-0.2, -0.15) is 5.26 Å². The highest BCUT2D eigenvalue weighted by molar-refractivity contribution is 5.97. The molecule has 0 saturated heterocycles. The summed E-state index contributed by atoms with van der Waals surface area (Å²) < 4.78 is 0. The number of nitrogens with zero attached hydrogens (tertiary/aromatic N) is 2. The summed E-state index contributed by atoms with van der Waals surface area (Å²) in [4.78, 5) is 12.7. The Morgan fingerprint density at radius 2 is 2.31 bits per heavy atom. The first-order valence-electron chi connectivity index (χ1n) is 4.77. The highest BCUT2D eigenvalue weighted by Crippen LogP contribution is 2.26. The number of benzene rings is 1. The van der Waals surface area contributed by atoms with Gasteiger partial charge in [-0.15, -0.1) is 0 Å². The van der Waals surface area contributed by atoms with Gasteiger partial charge < -0.3 is 15.7 Å². The Kier molecular flexibility index (Phi) is 3.72. The molecule has 5 heteroatoms. The van der Waals surface area contributed by atoms with Gasteiger partial charge in [-0.1, -0.05) is 6.07 Å². The fourth-order valence-electron chi connectivity index (χ4n) is 1.49. The average molecular weight is 219 g/mol.